The maximum atomic E-state index is 11.5. The molecule has 1 atom stereocenters. The van der Waals surface area contributed by atoms with Crippen molar-refractivity contribution in [3.63, 3.8) is 0 Å². The molecule has 0 aliphatic carbocycles. The standard InChI is InChI=1S/C5H7F3O/c1-3(4(2)9)5(6,7)8/h3H,1-2H3/t3-/m0/s1. The van der Waals surface area contributed by atoms with Gasteiger partial charge in [0.2, 0.25) is 0 Å². The van der Waals surface area contributed by atoms with Gasteiger partial charge in [0.25, 0.3) is 0 Å². The second kappa shape index (κ2) is 2.37. The van der Waals surface area contributed by atoms with Crippen LogP contribution < -0.4 is 0 Å². The summed E-state index contributed by atoms with van der Waals surface area (Å²) in [6.07, 6.45) is -4.37. The Morgan fingerprint density at radius 2 is 1.78 bits per heavy atom. The lowest BCUT2D eigenvalue weighted by Crippen LogP contribution is -2.25. The highest BCUT2D eigenvalue weighted by Gasteiger charge is 2.38. The molecule has 4 heteroatoms. The molecule has 0 fully saturated rings. The zero-order chi connectivity index (χ0) is 7.65. The first kappa shape index (κ1) is 8.46. The van der Waals surface area contributed by atoms with E-state index >= 15 is 0 Å². The molecular weight excluding hydrogens is 133 g/mol. The first-order valence-electron chi connectivity index (χ1n) is 2.43. The Kier molecular flexibility index (Phi) is 2.23. The first-order chi connectivity index (χ1) is 3.85. The number of ketones is 1. The number of rotatable bonds is 1. The van der Waals surface area contributed by atoms with Gasteiger partial charge in [-0.3, -0.25) is 4.79 Å². The number of hydrogen-bond acceptors (Lipinski definition) is 1. The Hall–Kier alpha value is -0.540. The summed E-state index contributed by atoms with van der Waals surface area (Å²) in [6, 6.07) is 0. The van der Waals surface area contributed by atoms with E-state index in [0.29, 0.717) is 0 Å². The van der Waals surface area contributed by atoms with Gasteiger partial charge in [0.15, 0.2) is 0 Å². The molecule has 0 aliphatic heterocycles. The van der Waals surface area contributed by atoms with E-state index in [2.05, 4.69) is 0 Å². The van der Waals surface area contributed by atoms with Crippen molar-refractivity contribution < 1.29 is 18.0 Å². The van der Waals surface area contributed by atoms with Gasteiger partial charge in [-0.05, 0) is 13.8 Å². The third-order valence-electron chi connectivity index (χ3n) is 1.10. The molecule has 9 heavy (non-hydrogen) atoms. The molecule has 0 heterocycles. The molecule has 0 aromatic carbocycles. The third-order valence-corrected chi connectivity index (χ3v) is 1.10. The van der Waals surface area contributed by atoms with Crippen LogP contribution in [0.3, 0.4) is 0 Å². The molecule has 54 valence electrons. The number of hydrogen-bond donors (Lipinski definition) is 0. The monoisotopic (exact) mass is 140 g/mol. The second-order valence-electron chi connectivity index (χ2n) is 1.87. The molecule has 0 unspecified atom stereocenters. The van der Waals surface area contributed by atoms with Crippen molar-refractivity contribution in [1.82, 2.24) is 0 Å². The molecule has 0 saturated heterocycles. The lowest BCUT2D eigenvalue weighted by molar-refractivity contribution is -0.176. The third kappa shape index (κ3) is 2.49. The molecule has 0 rings (SSSR count). The average Bonchev–Trinajstić information content (AvgIpc) is 1.62. The molecule has 0 aromatic rings. The van der Waals surface area contributed by atoms with E-state index < -0.39 is 17.9 Å². The van der Waals surface area contributed by atoms with Crippen molar-refractivity contribution in [2.75, 3.05) is 0 Å². The van der Waals surface area contributed by atoms with Gasteiger partial charge >= 0.3 is 6.18 Å². The quantitative estimate of drug-likeness (QED) is 0.542. The molecule has 0 aromatic heterocycles. The van der Waals surface area contributed by atoms with Gasteiger partial charge in [0.05, 0.1) is 0 Å². The van der Waals surface area contributed by atoms with Crippen LogP contribution in [0.15, 0.2) is 0 Å². The molecule has 0 spiro atoms. The zero-order valence-electron chi connectivity index (χ0n) is 5.12. The van der Waals surface area contributed by atoms with E-state index in [1.165, 1.54) is 0 Å². The SMILES string of the molecule is CC(=O)[C@H](C)C(F)(F)F. The number of carbonyl (C=O) groups is 1. The van der Waals surface area contributed by atoms with Crippen molar-refractivity contribution in [2.45, 2.75) is 20.0 Å². The average molecular weight is 140 g/mol. The second-order valence-corrected chi connectivity index (χ2v) is 1.87. The minimum absolute atomic E-state index is 0.845. The Morgan fingerprint density at radius 3 is 1.78 bits per heavy atom. The topological polar surface area (TPSA) is 17.1 Å². The van der Waals surface area contributed by atoms with Crippen LogP contribution in [0.5, 0.6) is 0 Å². The normalized spacial score (nSPS) is 15.2. The van der Waals surface area contributed by atoms with Gasteiger partial charge in [-0.2, -0.15) is 13.2 Å². The summed E-state index contributed by atoms with van der Waals surface area (Å²) in [5.74, 6) is -2.67. The fourth-order valence-electron chi connectivity index (χ4n) is 0.230. The molecular formula is C5H7F3O. The summed E-state index contributed by atoms with van der Waals surface area (Å²) >= 11 is 0. The van der Waals surface area contributed by atoms with Crippen LogP contribution in [0.25, 0.3) is 0 Å². The highest BCUT2D eigenvalue weighted by atomic mass is 19.4. The lowest BCUT2D eigenvalue weighted by atomic mass is 10.1. The van der Waals surface area contributed by atoms with E-state index in [9.17, 15) is 18.0 Å². The number of Topliss-reactive ketones (excluding diaryl/α,β-unsaturated/α-hetero) is 1. The maximum absolute atomic E-state index is 11.5. The van der Waals surface area contributed by atoms with Crippen LogP contribution >= 0.6 is 0 Å². The van der Waals surface area contributed by atoms with Gasteiger partial charge in [-0.1, -0.05) is 0 Å². The van der Waals surface area contributed by atoms with Gasteiger partial charge in [-0.25, -0.2) is 0 Å². The summed E-state index contributed by atoms with van der Waals surface area (Å²) in [5.41, 5.74) is 0. The highest BCUT2D eigenvalue weighted by Crippen LogP contribution is 2.25. The van der Waals surface area contributed by atoms with Crippen LogP contribution in [0.1, 0.15) is 13.8 Å². The van der Waals surface area contributed by atoms with Crippen LogP contribution in [-0.2, 0) is 4.79 Å². The fourth-order valence-corrected chi connectivity index (χ4v) is 0.230. The van der Waals surface area contributed by atoms with Gasteiger partial charge in [-0.15, -0.1) is 0 Å². The van der Waals surface area contributed by atoms with E-state index in [1.54, 1.807) is 0 Å². The molecule has 0 radical (unpaired) electrons. The Morgan fingerprint density at radius 1 is 1.44 bits per heavy atom. The highest BCUT2D eigenvalue weighted by molar-refractivity contribution is 5.78. The largest absolute Gasteiger partial charge is 0.398 e. The minimum Gasteiger partial charge on any atom is -0.299 e. The summed E-state index contributed by atoms with van der Waals surface area (Å²) in [6.45, 7) is 1.78. The molecule has 0 saturated carbocycles. The van der Waals surface area contributed by atoms with Crippen molar-refractivity contribution in [3.05, 3.63) is 0 Å². The molecule has 0 bridgehead atoms. The number of alkyl halides is 3. The fraction of sp³-hybridized carbons (Fsp3) is 0.800. The van der Waals surface area contributed by atoms with Crippen molar-refractivity contribution in [2.24, 2.45) is 5.92 Å². The van der Waals surface area contributed by atoms with E-state index in [1.807, 2.05) is 0 Å². The smallest absolute Gasteiger partial charge is 0.299 e. The number of carbonyl (C=O) groups excluding carboxylic acids is 1. The predicted molar refractivity (Wildman–Crippen MR) is 25.9 cm³/mol. The lowest BCUT2D eigenvalue weighted by Gasteiger charge is -2.10. The summed E-state index contributed by atoms with van der Waals surface area (Å²) in [4.78, 5) is 10.1. The Bertz CT molecular complexity index is 116. The van der Waals surface area contributed by atoms with E-state index in [0.717, 1.165) is 13.8 Å². The van der Waals surface area contributed by atoms with Gasteiger partial charge in [0, 0.05) is 0 Å². The molecule has 1 nitrogen and oxygen atoms in total. The predicted octanol–water partition coefficient (Wildman–Crippen LogP) is 1.77. The zero-order valence-corrected chi connectivity index (χ0v) is 5.12. The van der Waals surface area contributed by atoms with Gasteiger partial charge in [0.1, 0.15) is 11.7 Å². The molecule has 0 N–H and O–H groups in total. The Balaban J connectivity index is 4.04. The van der Waals surface area contributed by atoms with Gasteiger partial charge < -0.3 is 0 Å². The van der Waals surface area contributed by atoms with Crippen LogP contribution in [0, 0.1) is 5.92 Å². The number of halogens is 3. The summed E-state index contributed by atoms with van der Waals surface area (Å²) < 4.78 is 34.4. The van der Waals surface area contributed by atoms with E-state index in [-0.39, 0.29) is 0 Å². The van der Waals surface area contributed by atoms with Crippen LogP contribution in [0.2, 0.25) is 0 Å². The first-order valence-corrected chi connectivity index (χ1v) is 2.43. The summed E-state index contributed by atoms with van der Waals surface area (Å²) in [7, 11) is 0. The van der Waals surface area contributed by atoms with E-state index in [4.69, 9.17) is 0 Å². The van der Waals surface area contributed by atoms with Crippen molar-refractivity contribution in [1.29, 1.82) is 0 Å². The maximum Gasteiger partial charge on any atom is 0.398 e. The molecule has 0 amide bonds. The van der Waals surface area contributed by atoms with Crippen LogP contribution in [0.4, 0.5) is 13.2 Å². The molecule has 0 aliphatic rings. The van der Waals surface area contributed by atoms with Crippen molar-refractivity contribution in [3.8, 4) is 0 Å². The van der Waals surface area contributed by atoms with Crippen molar-refractivity contribution >= 4 is 5.78 Å². The minimum atomic E-state index is -4.37. The summed E-state index contributed by atoms with van der Waals surface area (Å²) in [5, 5.41) is 0. The van der Waals surface area contributed by atoms with Crippen LogP contribution in [-0.4, -0.2) is 12.0 Å². The Labute approximate surface area is 50.9 Å².